The van der Waals surface area contributed by atoms with E-state index in [1.54, 1.807) is 12.1 Å². The molecule has 0 spiro atoms. The molecule has 82 valence electrons. The zero-order chi connectivity index (χ0) is 11.5. The first-order chi connectivity index (χ1) is 7.66. The van der Waals surface area contributed by atoms with Crippen LogP contribution in [0.5, 0.6) is 0 Å². The highest BCUT2D eigenvalue weighted by atomic mass is 35.5. The molecule has 0 bridgehead atoms. The number of aliphatic hydroxyl groups excluding tert-OH is 1. The summed E-state index contributed by atoms with van der Waals surface area (Å²) in [5, 5.41) is 10.8. The van der Waals surface area contributed by atoms with E-state index in [1.807, 2.05) is 43.3 Å². The molecule has 1 nitrogen and oxygen atoms in total. The average Bonchev–Trinajstić information content (AvgIpc) is 2.29. The van der Waals surface area contributed by atoms with Crippen LogP contribution in [0, 0.1) is 6.92 Å². The number of benzene rings is 2. The smallest absolute Gasteiger partial charge is 0.104 e. The zero-order valence-electron chi connectivity index (χ0n) is 9.02. The molecule has 0 saturated heterocycles. The maximum atomic E-state index is 10.2. The van der Waals surface area contributed by atoms with E-state index in [4.69, 9.17) is 11.6 Å². The third-order valence-corrected chi connectivity index (χ3v) is 2.80. The van der Waals surface area contributed by atoms with E-state index in [9.17, 15) is 5.11 Å². The lowest BCUT2D eigenvalue weighted by Gasteiger charge is -2.12. The summed E-state index contributed by atoms with van der Waals surface area (Å²) in [6, 6.07) is 15.1. The summed E-state index contributed by atoms with van der Waals surface area (Å²) >= 11 is 5.81. The van der Waals surface area contributed by atoms with Crippen molar-refractivity contribution in [2.45, 2.75) is 13.0 Å². The second kappa shape index (κ2) is 4.69. The quantitative estimate of drug-likeness (QED) is 0.837. The Labute approximate surface area is 100 Å². The molecule has 1 unspecified atom stereocenters. The molecule has 1 atom stereocenters. The van der Waals surface area contributed by atoms with Gasteiger partial charge < -0.3 is 5.11 Å². The largest absolute Gasteiger partial charge is 0.384 e. The summed E-state index contributed by atoms with van der Waals surface area (Å²) < 4.78 is 0. The highest BCUT2D eigenvalue weighted by Gasteiger charge is 2.09. The Morgan fingerprint density at radius 1 is 1.00 bits per heavy atom. The van der Waals surface area contributed by atoms with Crippen molar-refractivity contribution in [2.75, 3.05) is 0 Å². The van der Waals surface area contributed by atoms with Crippen molar-refractivity contribution in [1.29, 1.82) is 0 Å². The Morgan fingerprint density at radius 3 is 2.31 bits per heavy atom. The van der Waals surface area contributed by atoms with E-state index < -0.39 is 6.10 Å². The van der Waals surface area contributed by atoms with Gasteiger partial charge in [-0.3, -0.25) is 0 Å². The van der Waals surface area contributed by atoms with E-state index >= 15 is 0 Å². The highest BCUT2D eigenvalue weighted by molar-refractivity contribution is 6.30. The van der Waals surface area contributed by atoms with Crippen LogP contribution in [-0.4, -0.2) is 5.11 Å². The van der Waals surface area contributed by atoms with Crippen molar-refractivity contribution in [1.82, 2.24) is 0 Å². The van der Waals surface area contributed by atoms with Crippen LogP contribution in [-0.2, 0) is 0 Å². The molecule has 2 heteroatoms. The summed E-state index contributed by atoms with van der Waals surface area (Å²) in [5.41, 5.74) is 2.91. The van der Waals surface area contributed by atoms with E-state index in [0.717, 1.165) is 16.7 Å². The van der Waals surface area contributed by atoms with E-state index in [1.165, 1.54) is 0 Å². The Hall–Kier alpha value is -1.31. The molecular weight excluding hydrogens is 220 g/mol. The molecule has 0 saturated carbocycles. The Balaban J connectivity index is 2.31. The molecule has 0 aliphatic heterocycles. The minimum atomic E-state index is -0.586. The van der Waals surface area contributed by atoms with Gasteiger partial charge in [-0.1, -0.05) is 53.6 Å². The van der Waals surface area contributed by atoms with Gasteiger partial charge >= 0.3 is 0 Å². The van der Waals surface area contributed by atoms with Gasteiger partial charge in [0.15, 0.2) is 0 Å². The van der Waals surface area contributed by atoms with Crippen molar-refractivity contribution in [3.8, 4) is 0 Å². The second-order valence-corrected chi connectivity index (χ2v) is 4.30. The van der Waals surface area contributed by atoms with Crippen molar-refractivity contribution >= 4 is 11.6 Å². The molecule has 0 radical (unpaired) electrons. The predicted molar refractivity (Wildman–Crippen MR) is 66.7 cm³/mol. The molecule has 0 heterocycles. The monoisotopic (exact) mass is 232 g/mol. The molecule has 0 aromatic heterocycles. The summed E-state index contributed by atoms with van der Waals surface area (Å²) in [6.45, 7) is 2.01. The van der Waals surface area contributed by atoms with Gasteiger partial charge in [0.25, 0.3) is 0 Å². The molecular formula is C14H13ClO. The molecule has 2 aromatic carbocycles. The predicted octanol–water partition coefficient (Wildman–Crippen LogP) is 3.73. The zero-order valence-corrected chi connectivity index (χ0v) is 9.78. The number of aliphatic hydroxyl groups is 1. The molecule has 16 heavy (non-hydrogen) atoms. The molecule has 0 aliphatic carbocycles. The average molecular weight is 233 g/mol. The van der Waals surface area contributed by atoms with Gasteiger partial charge in [0.1, 0.15) is 6.10 Å². The van der Waals surface area contributed by atoms with Gasteiger partial charge in [-0.15, -0.1) is 0 Å². The SMILES string of the molecule is Cc1cccc(C(O)c2ccc(Cl)cc2)c1. The van der Waals surface area contributed by atoms with Gasteiger partial charge in [-0.2, -0.15) is 0 Å². The lowest BCUT2D eigenvalue weighted by molar-refractivity contribution is 0.220. The number of rotatable bonds is 2. The fourth-order valence-electron chi connectivity index (χ4n) is 1.68. The molecule has 1 N–H and O–H groups in total. The van der Waals surface area contributed by atoms with Crippen LogP contribution in [0.4, 0.5) is 0 Å². The van der Waals surface area contributed by atoms with Gasteiger partial charge in [-0.25, -0.2) is 0 Å². The minimum absolute atomic E-state index is 0.586. The Bertz CT molecular complexity index is 476. The van der Waals surface area contributed by atoms with Gasteiger partial charge in [0, 0.05) is 5.02 Å². The maximum Gasteiger partial charge on any atom is 0.104 e. The molecule has 0 aliphatic rings. The molecule has 0 amide bonds. The van der Waals surface area contributed by atoms with Crippen molar-refractivity contribution in [3.63, 3.8) is 0 Å². The normalized spacial score (nSPS) is 12.4. The number of aryl methyl sites for hydroxylation is 1. The van der Waals surface area contributed by atoms with Crippen LogP contribution >= 0.6 is 11.6 Å². The highest BCUT2D eigenvalue weighted by Crippen LogP contribution is 2.23. The number of hydrogen-bond acceptors (Lipinski definition) is 1. The molecule has 2 rings (SSSR count). The first-order valence-corrected chi connectivity index (χ1v) is 5.55. The Kier molecular flexibility index (Phi) is 3.28. The topological polar surface area (TPSA) is 20.2 Å². The first-order valence-electron chi connectivity index (χ1n) is 5.17. The lowest BCUT2D eigenvalue weighted by Crippen LogP contribution is -1.99. The lowest BCUT2D eigenvalue weighted by atomic mass is 10.0. The van der Waals surface area contributed by atoms with E-state index in [0.29, 0.717) is 5.02 Å². The van der Waals surface area contributed by atoms with Gasteiger partial charge in [0.05, 0.1) is 0 Å². The molecule has 0 fully saturated rings. The van der Waals surface area contributed by atoms with Crippen LogP contribution in [0.3, 0.4) is 0 Å². The summed E-state index contributed by atoms with van der Waals surface area (Å²) in [7, 11) is 0. The standard InChI is InChI=1S/C14H13ClO/c1-10-3-2-4-12(9-10)14(16)11-5-7-13(15)8-6-11/h2-9,14,16H,1H3. The van der Waals surface area contributed by atoms with Crippen LogP contribution in [0.25, 0.3) is 0 Å². The van der Waals surface area contributed by atoms with E-state index in [-0.39, 0.29) is 0 Å². The maximum absolute atomic E-state index is 10.2. The van der Waals surface area contributed by atoms with Crippen LogP contribution in [0.2, 0.25) is 5.02 Å². The summed E-state index contributed by atoms with van der Waals surface area (Å²) in [6.07, 6.45) is -0.586. The third kappa shape index (κ3) is 2.43. The van der Waals surface area contributed by atoms with Gasteiger partial charge in [0.2, 0.25) is 0 Å². The van der Waals surface area contributed by atoms with Crippen molar-refractivity contribution < 1.29 is 5.11 Å². The van der Waals surface area contributed by atoms with Crippen molar-refractivity contribution in [3.05, 3.63) is 70.2 Å². The van der Waals surface area contributed by atoms with E-state index in [2.05, 4.69) is 0 Å². The summed E-state index contributed by atoms with van der Waals surface area (Å²) in [5.74, 6) is 0. The van der Waals surface area contributed by atoms with Crippen LogP contribution in [0.15, 0.2) is 48.5 Å². The second-order valence-electron chi connectivity index (χ2n) is 3.87. The van der Waals surface area contributed by atoms with Crippen molar-refractivity contribution in [2.24, 2.45) is 0 Å². The number of hydrogen-bond donors (Lipinski definition) is 1. The van der Waals surface area contributed by atoms with Gasteiger partial charge in [-0.05, 0) is 30.2 Å². The minimum Gasteiger partial charge on any atom is -0.384 e. The fourth-order valence-corrected chi connectivity index (χ4v) is 1.80. The molecule has 2 aromatic rings. The fraction of sp³-hybridized carbons (Fsp3) is 0.143. The number of halogens is 1. The van der Waals surface area contributed by atoms with Crippen LogP contribution < -0.4 is 0 Å². The Morgan fingerprint density at radius 2 is 1.69 bits per heavy atom. The first kappa shape index (κ1) is 11.2. The summed E-state index contributed by atoms with van der Waals surface area (Å²) in [4.78, 5) is 0. The third-order valence-electron chi connectivity index (χ3n) is 2.54. The van der Waals surface area contributed by atoms with Crippen LogP contribution in [0.1, 0.15) is 22.8 Å².